The highest BCUT2D eigenvalue weighted by molar-refractivity contribution is 5.80. The van der Waals surface area contributed by atoms with Crippen molar-refractivity contribution < 1.29 is 9.59 Å². The molecule has 0 aliphatic heterocycles. The van der Waals surface area contributed by atoms with Crippen LogP contribution in [0.5, 0.6) is 0 Å². The van der Waals surface area contributed by atoms with Crippen molar-refractivity contribution in [3.05, 3.63) is 0 Å². The van der Waals surface area contributed by atoms with Crippen molar-refractivity contribution in [2.45, 2.75) is 25.7 Å². The van der Waals surface area contributed by atoms with E-state index < -0.39 is 0 Å². The number of carbonyl (C=O) groups excluding carboxylic acids is 2. The standard InChI is InChI=1S/C8H14N2O2/c9-7(11)5-2-1-3-6(4-5)8(10)12/h5-6H,1-4H2,(H2,9,11)(H2,10,12)/t5-,6+. The van der Waals surface area contributed by atoms with Crippen molar-refractivity contribution in [1.29, 1.82) is 0 Å². The Kier molecular flexibility index (Phi) is 2.68. The van der Waals surface area contributed by atoms with Crippen LogP contribution in [0, 0.1) is 11.8 Å². The van der Waals surface area contributed by atoms with Gasteiger partial charge in [0.15, 0.2) is 0 Å². The van der Waals surface area contributed by atoms with E-state index in [1.807, 2.05) is 0 Å². The van der Waals surface area contributed by atoms with Gasteiger partial charge in [0, 0.05) is 11.8 Å². The first-order valence-corrected chi connectivity index (χ1v) is 4.20. The van der Waals surface area contributed by atoms with Crippen LogP contribution >= 0.6 is 0 Å². The molecule has 68 valence electrons. The average molecular weight is 170 g/mol. The number of hydrogen-bond acceptors (Lipinski definition) is 2. The minimum Gasteiger partial charge on any atom is -0.369 e. The van der Waals surface area contributed by atoms with Crippen LogP contribution in [0.25, 0.3) is 0 Å². The van der Waals surface area contributed by atoms with Crippen molar-refractivity contribution >= 4 is 11.8 Å². The first-order valence-electron chi connectivity index (χ1n) is 4.20. The predicted octanol–water partition coefficient (Wildman–Crippen LogP) is -0.237. The predicted molar refractivity (Wildman–Crippen MR) is 43.8 cm³/mol. The molecule has 1 rings (SSSR count). The van der Waals surface area contributed by atoms with Crippen molar-refractivity contribution in [2.24, 2.45) is 23.3 Å². The lowest BCUT2D eigenvalue weighted by Gasteiger charge is -2.24. The fourth-order valence-electron chi connectivity index (χ4n) is 1.71. The van der Waals surface area contributed by atoms with Gasteiger partial charge in [0.25, 0.3) is 0 Å². The van der Waals surface area contributed by atoms with E-state index in [0.717, 1.165) is 19.3 Å². The van der Waals surface area contributed by atoms with Gasteiger partial charge < -0.3 is 11.5 Å². The molecule has 0 bridgehead atoms. The lowest BCUT2D eigenvalue weighted by Crippen LogP contribution is -2.34. The fourth-order valence-corrected chi connectivity index (χ4v) is 1.71. The largest absolute Gasteiger partial charge is 0.369 e. The molecular formula is C8H14N2O2. The minimum absolute atomic E-state index is 0.142. The Morgan fingerprint density at radius 3 is 1.75 bits per heavy atom. The van der Waals surface area contributed by atoms with Gasteiger partial charge in [-0.25, -0.2) is 0 Å². The normalized spacial score (nSPS) is 29.7. The van der Waals surface area contributed by atoms with Crippen LogP contribution in [-0.2, 0) is 9.59 Å². The van der Waals surface area contributed by atoms with E-state index >= 15 is 0 Å². The molecule has 0 aromatic carbocycles. The van der Waals surface area contributed by atoms with Gasteiger partial charge in [-0.2, -0.15) is 0 Å². The highest BCUT2D eigenvalue weighted by Gasteiger charge is 2.28. The van der Waals surface area contributed by atoms with Gasteiger partial charge in [-0.05, 0) is 19.3 Å². The summed E-state index contributed by atoms with van der Waals surface area (Å²) in [5.74, 6) is -0.894. The van der Waals surface area contributed by atoms with E-state index in [9.17, 15) is 9.59 Å². The summed E-state index contributed by atoms with van der Waals surface area (Å²) in [5.41, 5.74) is 10.3. The Bertz CT molecular complexity index is 183. The molecule has 4 nitrogen and oxygen atoms in total. The molecule has 0 radical (unpaired) electrons. The molecule has 0 heterocycles. The molecule has 4 heteroatoms. The highest BCUT2D eigenvalue weighted by Crippen LogP contribution is 2.28. The molecule has 1 aliphatic rings. The second-order valence-corrected chi connectivity index (χ2v) is 3.37. The van der Waals surface area contributed by atoms with E-state index in [1.165, 1.54) is 0 Å². The molecule has 0 unspecified atom stereocenters. The van der Waals surface area contributed by atoms with Crippen molar-refractivity contribution in [1.82, 2.24) is 0 Å². The minimum atomic E-state index is -0.305. The van der Waals surface area contributed by atoms with Gasteiger partial charge in [-0.15, -0.1) is 0 Å². The average Bonchev–Trinajstić information content (AvgIpc) is 2.04. The maximum absolute atomic E-state index is 10.8. The van der Waals surface area contributed by atoms with Gasteiger partial charge in [-0.1, -0.05) is 6.42 Å². The maximum Gasteiger partial charge on any atom is 0.220 e. The first-order chi connectivity index (χ1) is 5.61. The molecule has 0 aromatic heterocycles. The topological polar surface area (TPSA) is 86.2 Å². The Morgan fingerprint density at radius 1 is 1.00 bits per heavy atom. The molecule has 0 spiro atoms. The Labute approximate surface area is 71.3 Å². The van der Waals surface area contributed by atoms with Gasteiger partial charge in [0.1, 0.15) is 0 Å². The van der Waals surface area contributed by atoms with E-state index in [-0.39, 0.29) is 23.7 Å². The summed E-state index contributed by atoms with van der Waals surface area (Å²) < 4.78 is 0. The molecule has 1 fully saturated rings. The number of rotatable bonds is 2. The summed E-state index contributed by atoms with van der Waals surface area (Å²) in [6.07, 6.45) is 3.03. The molecule has 4 N–H and O–H groups in total. The third-order valence-electron chi connectivity index (χ3n) is 2.48. The van der Waals surface area contributed by atoms with Crippen LogP contribution in [-0.4, -0.2) is 11.8 Å². The smallest absolute Gasteiger partial charge is 0.220 e. The van der Waals surface area contributed by atoms with E-state index in [0.29, 0.717) is 6.42 Å². The molecule has 0 aromatic rings. The van der Waals surface area contributed by atoms with Crippen molar-refractivity contribution in [3.63, 3.8) is 0 Å². The van der Waals surface area contributed by atoms with Crippen molar-refractivity contribution in [2.75, 3.05) is 0 Å². The first kappa shape index (κ1) is 9.03. The van der Waals surface area contributed by atoms with Crippen LogP contribution in [0.3, 0.4) is 0 Å². The molecule has 1 aliphatic carbocycles. The van der Waals surface area contributed by atoms with Gasteiger partial charge in [-0.3, -0.25) is 9.59 Å². The SMILES string of the molecule is NC(=O)[C@@H]1CCC[C@H](C(N)=O)C1. The van der Waals surface area contributed by atoms with Crippen LogP contribution in [0.2, 0.25) is 0 Å². The van der Waals surface area contributed by atoms with E-state index in [1.54, 1.807) is 0 Å². The number of hydrogen-bond donors (Lipinski definition) is 2. The number of primary amides is 2. The lowest BCUT2D eigenvalue weighted by atomic mass is 9.81. The second kappa shape index (κ2) is 3.56. The fraction of sp³-hybridized carbons (Fsp3) is 0.750. The summed E-state index contributed by atoms with van der Waals surface area (Å²) in [4.78, 5) is 21.6. The summed E-state index contributed by atoms with van der Waals surface area (Å²) in [5, 5.41) is 0. The van der Waals surface area contributed by atoms with E-state index in [2.05, 4.69) is 0 Å². The molecular weight excluding hydrogens is 156 g/mol. The summed E-state index contributed by atoms with van der Waals surface area (Å²) in [7, 11) is 0. The zero-order chi connectivity index (χ0) is 9.14. The third kappa shape index (κ3) is 1.96. The van der Waals surface area contributed by atoms with E-state index in [4.69, 9.17) is 11.5 Å². The monoisotopic (exact) mass is 170 g/mol. The van der Waals surface area contributed by atoms with Gasteiger partial charge in [0.05, 0.1) is 0 Å². The van der Waals surface area contributed by atoms with Crippen LogP contribution < -0.4 is 11.5 Å². The summed E-state index contributed by atoms with van der Waals surface area (Å²) in [6.45, 7) is 0. The molecule has 12 heavy (non-hydrogen) atoms. The van der Waals surface area contributed by atoms with Crippen LogP contribution in [0.1, 0.15) is 25.7 Å². The Hall–Kier alpha value is -1.06. The van der Waals surface area contributed by atoms with Gasteiger partial charge in [0.2, 0.25) is 11.8 Å². The molecule has 2 atom stereocenters. The summed E-state index contributed by atoms with van der Waals surface area (Å²) in [6, 6.07) is 0. The quantitative estimate of drug-likeness (QED) is 0.599. The van der Waals surface area contributed by atoms with Gasteiger partial charge >= 0.3 is 0 Å². The lowest BCUT2D eigenvalue weighted by molar-refractivity contribution is -0.126. The zero-order valence-electron chi connectivity index (χ0n) is 6.95. The highest BCUT2D eigenvalue weighted by atomic mass is 16.1. The van der Waals surface area contributed by atoms with Crippen LogP contribution in [0.15, 0.2) is 0 Å². The van der Waals surface area contributed by atoms with Crippen LogP contribution in [0.4, 0.5) is 0 Å². The Morgan fingerprint density at radius 2 is 1.42 bits per heavy atom. The van der Waals surface area contributed by atoms with Crippen molar-refractivity contribution in [3.8, 4) is 0 Å². The third-order valence-corrected chi connectivity index (χ3v) is 2.48. The number of nitrogens with two attached hydrogens (primary N) is 2. The number of amides is 2. The zero-order valence-corrected chi connectivity index (χ0v) is 6.95. The molecule has 2 amide bonds. The summed E-state index contributed by atoms with van der Waals surface area (Å²) >= 11 is 0. The molecule has 1 saturated carbocycles. The second-order valence-electron chi connectivity index (χ2n) is 3.37. The maximum atomic E-state index is 10.8. The Balaban J connectivity index is 2.51. The molecule has 0 saturated heterocycles. The number of carbonyl (C=O) groups is 2.